The highest BCUT2D eigenvalue weighted by Gasteiger charge is 1.90. The Bertz CT molecular complexity index is 660. The smallest absolute Gasteiger partial charge is 0.300 e. The van der Waals surface area contributed by atoms with Gasteiger partial charge in [-0.25, -0.2) is 0 Å². The molecule has 29 heteroatoms. The number of ether oxygens (including phenoxy) is 18. The topological polar surface area (TPSA) is 386 Å². The molecule has 0 radical (unpaired) electrons. The molecule has 0 heterocycles. The van der Waals surface area contributed by atoms with E-state index in [1.807, 2.05) is 62.3 Å². The van der Waals surface area contributed by atoms with Gasteiger partial charge in [0.15, 0.2) is 0 Å². The summed E-state index contributed by atoms with van der Waals surface area (Å²) in [5.41, 5.74) is 0. The SMILES string of the molecule is CC(=O)O.CCOCCOCCO.CCOCCOCCO.CCOCCOCCO.CCOCCOCCO.CCOCCOCCO.CCOCCOCCO.CCOCCOCCO.CCOCCOCCO.CCOCCOCCO. The molecule has 0 aromatic carbocycles. The summed E-state index contributed by atoms with van der Waals surface area (Å²) in [6.07, 6.45) is 0. The normalized spacial score (nSPS) is 9.82. The summed E-state index contributed by atoms with van der Waals surface area (Å²) in [6.45, 7) is 40.3. The number of carboxylic acids is 1. The van der Waals surface area contributed by atoms with Crippen molar-refractivity contribution >= 4 is 5.97 Å². The third-order valence-corrected chi connectivity index (χ3v) is 7.31. The third kappa shape index (κ3) is 194. The molecule has 0 aromatic heterocycles. The number of aliphatic hydroxyl groups is 9. The third-order valence-electron chi connectivity index (χ3n) is 7.31. The average Bonchev–Trinajstić information content (AvgIpc) is 3.50. The summed E-state index contributed by atoms with van der Waals surface area (Å²) in [7, 11) is 0. The molecule has 0 fully saturated rings. The monoisotopic (exact) mass is 1270 g/mol. The van der Waals surface area contributed by atoms with Crippen LogP contribution in [0.4, 0.5) is 0 Å². The lowest BCUT2D eigenvalue weighted by Gasteiger charge is -2.00. The van der Waals surface area contributed by atoms with Crippen LogP contribution in [0, 0.1) is 0 Å². The minimum atomic E-state index is -0.833. The quantitative estimate of drug-likeness (QED) is 0.0368. The van der Waals surface area contributed by atoms with E-state index in [9.17, 15) is 0 Å². The molecule has 0 rings (SSSR count). The summed E-state index contributed by atoms with van der Waals surface area (Å²) >= 11 is 0. The van der Waals surface area contributed by atoms with Gasteiger partial charge in [-0.3, -0.25) is 4.79 Å². The Morgan fingerprint density at radius 2 is 0.259 bits per heavy atom. The van der Waals surface area contributed by atoms with Gasteiger partial charge in [0.25, 0.3) is 5.97 Å². The van der Waals surface area contributed by atoms with Crippen LogP contribution in [0.5, 0.6) is 0 Å². The Hall–Kier alpha value is -1.61. The van der Waals surface area contributed by atoms with Gasteiger partial charge in [-0.15, -0.1) is 0 Å². The van der Waals surface area contributed by atoms with Crippen molar-refractivity contribution in [3.8, 4) is 0 Å². The van der Waals surface area contributed by atoms with Gasteiger partial charge in [0, 0.05) is 66.4 Å². The van der Waals surface area contributed by atoms with Crippen molar-refractivity contribution in [2.45, 2.75) is 69.2 Å². The van der Waals surface area contributed by atoms with Gasteiger partial charge in [-0.1, -0.05) is 0 Å². The zero-order valence-electron chi connectivity index (χ0n) is 54.5. The average molecular weight is 1270 g/mol. The van der Waals surface area contributed by atoms with E-state index in [1.165, 1.54) is 0 Å². The van der Waals surface area contributed by atoms with E-state index in [2.05, 4.69) is 0 Å². The number of aliphatic hydroxyl groups excluding tert-OH is 9. The number of aliphatic carboxylic acids is 1. The summed E-state index contributed by atoms with van der Waals surface area (Å²) in [6, 6.07) is 0. The fourth-order valence-corrected chi connectivity index (χ4v) is 3.86. The molecule has 0 aliphatic heterocycles. The lowest BCUT2D eigenvalue weighted by atomic mass is 10.7. The maximum absolute atomic E-state index is 9.00. The summed E-state index contributed by atoms with van der Waals surface area (Å²) in [5, 5.41) is 81.7. The molecule has 0 aromatic rings. The first kappa shape index (κ1) is 105. The highest BCUT2D eigenvalue weighted by molar-refractivity contribution is 5.62. The standard InChI is InChI=1S/9C6H14O3.C2H4O2/c9*1-2-8-5-6-9-4-3-7;1-2(3)4/h9*7H,2-6H2,1H3;1H3,(H,3,4). The molecule has 0 bridgehead atoms. The van der Waals surface area contributed by atoms with Gasteiger partial charge in [0.1, 0.15) is 0 Å². The van der Waals surface area contributed by atoms with E-state index in [0.717, 1.165) is 66.4 Å². The van der Waals surface area contributed by atoms with Crippen LogP contribution in [-0.4, -0.2) is 354 Å². The molecule has 29 nitrogen and oxygen atoms in total. The Morgan fingerprint density at radius 1 is 0.188 bits per heavy atom. The predicted molar refractivity (Wildman–Crippen MR) is 323 cm³/mol. The van der Waals surface area contributed by atoms with E-state index in [4.69, 9.17) is 141 Å². The van der Waals surface area contributed by atoms with Gasteiger partial charge in [0.2, 0.25) is 0 Å². The second-order valence-electron chi connectivity index (χ2n) is 14.3. The zero-order chi connectivity index (χ0) is 66.1. The maximum atomic E-state index is 9.00. The number of hydrogen-bond acceptors (Lipinski definition) is 28. The Balaban J connectivity index is -0.0000000923. The van der Waals surface area contributed by atoms with Crippen molar-refractivity contribution in [3.63, 3.8) is 0 Å². The first-order valence-corrected chi connectivity index (χ1v) is 29.5. The lowest BCUT2D eigenvalue weighted by Crippen LogP contribution is -2.06. The molecule has 0 saturated carbocycles. The van der Waals surface area contributed by atoms with Gasteiger partial charge < -0.3 is 136 Å². The first-order valence-electron chi connectivity index (χ1n) is 29.5. The van der Waals surface area contributed by atoms with Crippen molar-refractivity contribution in [2.75, 3.05) is 297 Å². The van der Waals surface area contributed by atoms with Crippen molar-refractivity contribution in [1.29, 1.82) is 0 Å². The molecule has 0 atom stereocenters. The van der Waals surface area contributed by atoms with E-state index in [0.29, 0.717) is 178 Å². The zero-order valence-corrected chi connectivity index (χ0v) is 54.5. The summed E-state index contributed by atoms with van der Waals surface area (Å²) in [5.74, 6) is -0.833. The van der Waals surface area contributed by atoms with E-state index in [-0.39, 0.29) is 59.5 Å². The Kier molecular flexibility index (Phi) is 163. The molecular weight excluding hydrogens is 1140 g/mol. The highest BCUT2D eigenvalue weighted by Crippen LogP contribution is 1.82. The summed E-state index contributed by atoms with van der Waals surface area (Å²) < 4.78 is 88.9. The van der Waals surface area contributed by atoms with Crippen LogP contribution in [0.1, 0.15) is 69.2 Å². The molecule has 0 aliphatic rings. The van der Waals surface area contributed by atoms with Gasteiger partial charge in [-0.2, -0.15) is 0 Å². The molecule has 0 saturated heterocycles. The van der Waals surface area contributed by atoms with Crippen molar-refractivity contribution in [3.05, 3.63) is 0 Å². The number of hydrogen-bond donors (Lipinski definition) is 10. The first-order chi connectivity index (χ1) is 41.5. The van der Waals surface area contributed by atoms with Crippen molar-refractivity contribution in [2.24, 2.45) is 0 Å². The minimum absolute atomic E-state index is 0.0894. The number of carbonyl (C=O) groups is 1. The van der Waals surface area contributed by atoms with Crippen LogP contribution in [0.15, 0.2) is 0 Å². The van der Waals surface area contributed by atoms with Crippen LogP contribution >= 0.6 is 0 Å². The highest BCUT2D eigenvalue weighted by atomic mass is 16.6. The fourth-order valence-electron chi connectivity index (χ4n) is 3.86. The van der Waals surface area contributed by atoms with Crippen LogP contribution in [0.3, 0.4) is 0 Å². The lowest BCUT2D eigenvalue weighted by molar-refractivity contribution is -0.134. The summed E-state index contributed by atoms with van der Waals surface area (Å²) in [4.78, 5) is 9.00. The molecule has 10 N–H and O–H groups in total. The van der Waals surface area contributed by atoms with Crippen LogP contribution < -0.4 is 0 Å². The number of rotatable bonds is 54. The van der Waals surface area contributed by atoms with Crippen LogP contribution in [-0.2, 0) is 90.1 Å². The van der Waals surface area contributed by atoms with Gasteiger partial charge in [0.05, 0.1) is 238 Å². The fraction of sp³-hybridized carbons (Fsp3) is 0.982. The molecule has 0 unspecified atom stereocenters. The Labute approximate surface area is 512 Å². The molecule has 0 amide bonds. The molecular formula is C56H130O29. The van der Waals surface area contributed by atoms with Crippen molar-refractivity contribution < 1.29 is 141 Å². The minimum Gasteiger partial charge on any atom is -0.481 e. The van der Waals surface area contributed by atoms with E-state index < -0.39 is 5.97 Å². The van der Waals surface area contributed by atoms with E-state index >= 15 is 0 Å². The van der Waals surface area contributed by atoms with E-state index in [1.54, 1.807) is 0 Å². The largest absolute Gasteiger partial charge is 0.481 e. The molecule has 85 heavy (non-hydrogen) atoms. The molecule has 0 spiro atoms. The van der Waals surface area contributed by atoms with Crippen molar-refractivity contribution in [1.82, 2.24) is 0 Å². The van der Waals surface area contributed by atoms with Gasteiger partial charge in [-0.05, 0) is 62.3 Å². The second-order valence-corrected chi connectivity index (χ2v) is 14.3. The Morgan fingerprint density at radius 3 is 0.318 bits per heavy atom. The van der Waals surface area contributed by atoms with Crippen LogP contribution in [0.2, 0.25) is 0 Å². The maximum Gasteiger partial charge on any atom is 0.300 e. The second kappa shape index (κ2) is 132. The molecule has 528 valence electrons. The number of carboxylic acid groups (broad SMARTS) is 1. The van der Waals surface area contributed by atoms with Gasteiger partial charge >= 0.3 is 0 Å². The van der Waals surface area contributed by atoms with Crippen LogP contribution in [0.25, 0.3) is 0 Å². The molecule has 0 aliphatic carbocycles. The predicted octanol–water partition coefficient (Wildman–Crippen LogP) is 0.377.